The molecule has 3 aromatic rings. The van der Waals surface area contributed by atoms with E-state index in [0.717, 1.165) is 62.3 Å². The van der Waals surface area contributed by atoms with Crippen LogP contribution in [0.4, 0.5) is 11.6 Å². The van der Waals surface area contributed by atoms with Crippen molar-refractivity contribution in [2.45, 2.75) is 45.6 Å². The van der Waals surface area contributed by atoms with Crippen molar-refractivity contribution < 1.29 is 10.0 Å². The van der Waals surface area contributed by atoms with E-state index in [9.17, 15) is 14.8 Å². The Balaban J connectivity index is 1.62. The summed E-state index contributed by atoms with van der Waals surface area (Å²) in [4.78, 5) is 41.2. The molecule has 0 bridgehead atoms. The third-order valence-corrected chi connectivity index (χ3v) is 6.83. The Morgan fingerprint density at radius 1 is 1.21 bits per heavy atom. The van der Waals surface area contributed by atoms with Gasteiger partial charge in [-0.25, -0.2) is 4.98 Å². The third-order valence-electron chi connectivity index (χ3n) is 6.83. The van der Waals surface area contributed by atoms with Crippen LogP contribution in [0.5, 0.6) is 0 Å². The number of rotatable bonds is 4. The van der Waals surface area contributed by atoms with Crippen LogP contribution in [0.2, 0.25) is 0 Å². The van der Waals surface area contributed by atoms with Gasteiger partial charge in [0.15, 0.2) is 11.3 Å². The first-order chi connectivity index (χ1) is 16.4. The maximum absolute atomic E-state index is 13.3. The molecule has 4 heterocycles. The van der Waals surface area contributed by atoms with Gasteiger partial charge >= 0.3 is 0 Å². The molecule has 0 aromatic carbocycles. The summed E-state index contributed by atoms with van der Waals surface area (Å²) in [6.45, 7) is 6.71. The first kappa shape index (κ1) is 22.3. The monoisotopic (exact) mass is 463 g/mol. The zero-order valence-corrected chi connectivity index (χ0v) is 19.5. The first-order valence-electron chi connectivity index (χ1n) is 11.8. The Kier molecular flexibility index (Phi) is 5.91. The molecule has 1 saturated carbocycles. The molecule has 1 saturated heterocycles. The second-order valence-electron chi connectivity index (χ2n) is 9.02. The van der Waals surface area contributed by atoms with Gasteiger partial charge in [-0.3, -0.25) is 14.2 Å². The van der Waals surface area contributed by atoms with Gasteiger partial charge in [0.05, 0.1) is 17.4 Å². The van der Waals surface area contributed by atoms with Crippen molar-refractivity contribution in [3.63, 3.8) is 0 Å². The summed E-state index contributed by atoms with van der Waals surface area (Å²) in [6, 6.07) is 3.63. The Bertz CT molecular complexity index is 1380. The number of nitrogens with zero attached hydrogens (tertiary/aromatic N) is 6. The molecule has 2 N–H and O–H groups in total. The van der Waals surface area contributed by atoms with Crippen molar-refractivity contribution in [1.29, 1.82) is 0 Å². The Hall–Kier alpha value is -3.53. The molecule has 0 atom stereocenters. The second kappa shape index (κ2) is 9.02. The number of nitrogens with one attached hydrogen (secondary N) is 1. The standard InChI is InChI=1S/C24H29N7O3/c1-15-19-13-26-24(27-20-8-7-18(14-30(20)34)29-11-9-25-10-12-29)28-22(19)31(17-5-3-4-6-17)23(33)21(15)16(2)32/h7-8,13-14,17,25,34H,3-6,9-12H2,1-2H3/b27-20+. The van der Waals surface area contributed by atoms with E-state index in [-0.39, 0.29) is 34.4 Å². The molecule has 0 amide bonds. The highest BCUT2D eigenvalue weighted by atomic mass is 16.5. The van der Waals surface area contributed by atoms with Crippen molar-refractivity contribution in [2.75, 3.05) is 31.1 Å². The number of aryl methyl sites for hydroxylation is 1. The number of hydrogen-bond donors (Lipinski definition) is 2. The first-order valence-corrected chi connectivity index (χ1v) is 11.8. The topological polar surface area (TPSA) is 118 Å². The number of fused-ring (bicyclic) bond motifs is 1. The largest absolute Gasteiger partial charge is 0.427 e. The molecule has 0 spiro atoms. The lowest BCUT2D eigenvalue weighted by molar-refractivity contribution is 0.101. The molecule has 3 aromatic heterocycles. The summed E-state index contributed by atoms with van der Waals surface area (Å²) < 4.78 is 2.63. The van der Waals surface area contributed by atoms with Gasteiger partial charge in [-0.2, -0.15) is 14.7 Å². The Labute approximate surface area is 196 Å². The fourth-order valence-corrected chi connectivity index (χ4v) is 5.07. The number of pyridine rings is 2. The molecule has 1 aliphatic heterocycles. The smallest absolute Gasteiger partial charge is 0.263 e. The van der Waals surface area contributed by atoms with E-state index in [1.54, 1.807) is 30.0 Å². The van der Waals surface area contributed by atoms with E-state index in [4.69, 9.17) is 0 Å². The number of aromatic nitrogens is 4. The van der Waals surface area contributed by atoms with Crippen molar-refractivity contribution in [2.24, 2.45) is 4.99 Å². The van der Waals surface area contributed by atoms with Crippen molar-refractivity contribution in [3.05, 3.63) is 51.5 Å². The van der Waals surface area contributed by atoms with Gasteiger partial charge in [0, 0.05) is 43.8 Å². The molecule has 1 aliphatic carbocycles. The molecule has 0 unspecified atom stereocenters. The minimum absolute atomic E-state index is 0.00227. The van der Waals surface area contributed by atoms with E-state index in [0.29, 0.717) is 16.6 Å². The lowest BCUT2D eigenvalue weighted by Gasteiger charge is -2.29. The average Bonchev–Trinajstić information content (AvgIpc) is 3.35. The Morgan fingerprint density at radius 2 is 1.94 bits per heavy atom. The zero-order valence-electron chi connectivity index (χ0n) is 19.5. The number of carbonyl (C=O) groups is 1. The highest BCUT2D eigenvalue weighted by Gasteiger charge is 2.25. The number of carbonyl (C=O) groups excluding carboxylic acids is 1. The summed E-state index contributed by atoms with van der Waals surface area (Å²) in [6.07, 6.45) is 7.06. The van der Waals surface area contributed by atoms with Gasteiger partial charge in [-0.15, -0.1) is 0 Å². The van der Waals surface area contributed by atoms with E-state index in [1.165, 1.54) is 6.92 Å². The van der Waals surface area contributed by atoms with E-state index >= 15 is 0 Å². The normalized spacial score (nSPS) is 17.6. The van der Waals surface area contributed by atoms with Crippen LogP contribution in [0.3, 0.4) is 0 Å². The predicted octanol–water partition coefficient (Wildman–Crippen LogP) is 2.10. The summed E-state index contributed by atoms with van der Waals surface area (Å²) in [5.74, 6) is -0.109. The highest BCUT2D eigenvalue weighted by molar-refractivity contribution is 5.99. The number of ketones is 1. The van der Waals surface area contributed by atoms with Crippen LogP contribution >= 0.6 is 0 Å². The highest BCUT2D eigenvalue weighted by Crippen LogP contribution is 2.32. The fourth-order valence-electron chi connectivity index (χ4n) is 5.07. The van der Waals surface area contributed by atoms with Gasteiger partial charge in [0.25, 0.3) is 11.5 Å². The fraction of sp³-hybridized carbons (Fsp3) is 0.458. The maximum Gasteiger partial charge on any atom is 0.263 e. The molecule has 2 aliphatic rings. The molecule has 178 valence electrons. The predicted molar refractivity (Wildman–Crippen MR) is 128 cm³/mol. The minimum atomic E-state index is -0.299. The molecular weight excluding hydrogens is 434 g/mol. The molecular formula is C24H29N7O3. The van der Waals surface area contributed by atoms with E-state index in [2.05, 4.69) is 25.2 Å². The molecule has 0 radical (unpaired) electrons. The van der Waals surface area contributed by atoms with Gasteiger partial charge in [0.2, 0.25) is 0 Å². The summed E-state index contributed by atoms with van der Waals surface area (Å²) in [5, 5.41) is 14.5. The van der Waals surface area contributed by atoms with Gasteiger partial charge in [-0.05, 0) is 44.4 Å². The Morgan fingerprint density at radius 3 is 2.62 bits per heavy atom. The molecule has 34 heavy (non-hydrogen) atoms. The summed E-state index contributed by atoms with van der Waals surface area (Å²) in [7, 11) is 0. The maximum atomic E-state index is 13.3. The van der Waals surface area contributed by atoms with Crippen LogP contribution in [0.1, 0.15) is 54.6 Å². The van der Waals surface area contributed by atoms with Crippen LogP contribution in [0.25, 0.3) is 11.0 Å². The number of Topliss-reactive ketones (excluding diaryl/α,β-unsaturated/α-hetero) is 1. The SMILES string of the molecule is CC(=O)c1c(C)c2cnc(/N=c3\ccc(N4CCNCC4)cn3O)nc2n(C2CCCC2)c1=O. The minimum Gasteiger partial charge on any atom is -0.427 e. The van der Waals surface area contributed by atoms with Crippen LogP contribution < -0.4 is 21.3 Å². The quantitative estimate of drug-likeness (QED) is 0.449. The van der Waals surface area contributed by atoms with Gasteiger partial charge in [-0.1, -0.05) is 12.8 Å². The van der Waals surface area contributed by atoms with Gasteiger partial charge in [0.1, 0.15) is 5.65 Å². The van der Waals surface area contributed by atoms with E-state index in [1.807, 2.05) is 6.07 Å². The van der Waals surface area contributed by atoms with E-state index < -0.39 is 0 Å². The third kappa shape index (κ3) is 3.98. The van der Waals surface area contributed by atoms with Crippen LogP contribution in [0.15, 0.2) is 34.3 Å². The summed E-state index contributed by atoms with van der Waals surface area (Å²) in [5.41, 5.74) is 2.16. The summed E-state index contributed by atoms with van der Waals surface area (Å²) >= 11 is 0. The number of hydrogen-bond acceptors (Lipinski definition) is 8. The lowest BCUT2D eigenvalue weighted by Crippen LogP contribution is -2.43. The van der Waals surface area contributed by atoms with Gasteiger partial charge < -0.3 is 15.4 Å². The average molecular weight is 464 g/mol. The lowest BCUT2D eigenvalue weighted by atomic mass is 10.0. The number of piperazine rings is 1. The molecule has 5 rings (SSSR count). The van der Waals surface area contributed by atoms with Crippen LogP contribution in [-0.4, -0.2) is 56.4 Å². The van der Waals surface area contributed by atoms with Crippen molar-refractivity contribution >= 4 is 28.5 Å². The molecule has 10 heteroatoms. The second-order valence-corrected chi connectivity index (χ2v) is 9.02. The van der Waals surface area contributed by atoms with Crippen LogP contribution in [0, 0.1) is 6.92 Å². The van der Waals surface area contributed by atoms with Crippen molar-refractivity contribution in [3.8, 4) is 0 Å². The molecule has 10 nitrogen and oxygen atoms in total. The molecule has 2 fully saturated rings. The van der Waals surface area contributed by atoms with Crippen LogP contribution in [-0.2, 0) is 0 Å². The number of anilines is 1. The zero-order chi connectivity index (χ0) is 23.8. The van der Waals surface area contributed by atoms with Crippen molar-refractivity contribution in [1.82, 2.24) is 24.6 Å².